The Morgan fingerprint density at radius 3 is 2.60 bits per heavy atom. The number of nitrogens with zero attached hydrogens (tertiary/aromatic N) is 1. The quantitative estimate of drug-likeness (QED) is 0.828. The Kier molecular flexibility index (Phi) is 4.65. The van der Waals surface area contributed by atoms with E-state index in [0.717, 1.165) is 28.4 Å². The first kappa shape index (κ1) is 14.9. The maximum absolute atomic E-state index is 6.07. The van der Waals surface area contributed by atoms with Gasteiger partial charge in [-0.15, -0.1) is 11.3 Å². The van der Waals surface area contributed by atoms with Crippen molar-refractivity contribution in [1.82, 2.24) is 4.98 Å². The molecule has 0 unspecified atom stereocenters. The molecule has 2 aromatic rings. The molecule has 1 aromatic carbocycles. The minimum absolute atomic E-state index is 0.636. The first-order valence-corrected chi connectivity index (χ1v) is 7.75. The number of hydrogen-bond acceptors (Lipinski definition) is 4. The fraction of sp³-hybridized carbons (Fsp3) is 0.438. The van der Waals surface area contributed by atoms with E-state index < -0.39 is 0 Å². The summed E-state index contributed by atoms with van der Waals surface area (Å²) in [5.41, 5.74) is 8.89. The van der Waals surface area contributed by atoms with Crippen LogP contribution in [0.25, 0.3) is 10.6 Å². The normalized spacial score (nSPS) is 11.1. The third-order valence-electron chi connectivity index (χ3n) is 3.24. The fourth-order valence-corrected chi connectivity index (χ4v) is 2.72. The Balaban J connectivity index is 2.13. The summed E-state index contributed by atoms with van der Waals surface area (Å²) in [5, 5.41) is 1.01. The largest absolute Gasteiger partial charge is 0.491 e. The fourth-order valence-electron chi connectivity index (χ4n) is 1.81. The zero-order valence-electron chi connectivity index (χ0n) is 12.6. The molecule has 0 fully saturated rings. The van der Waals surface area contributed by atoms with Crippen LogP contribution in [0.15, 0.2) is 18.2 Å². The molecule has 108 valence electrons. The Bertz CT molecular complexity index is 571. The van der Waals surface area contributed by atoms with E-state index in [-0.39, 0.29) is 0 Å². The molecule has 2 rings (SSSR count). The van der Waals surface area contributed by atoms with E-state index in [0.29, 0.717) is 18.2 Å². The lowest BCUT2D eigenvalue weighted by molar-refractivity contribution is 0.291. The minimum Gasteiger partial charge on any atom is -0.491 e. The van der Waals surface area contributed by atoms with E-state index in [4.69, 9.17) is 10.5 Å². The standard InChI is InChI=1S/C16H22N2OS/c1-10(2)7-8-19-15-6-5-13(9-14(15)17)16-18-11(3)12(4)20-16/h5-6,9-10H,7-8,17H2,1-4H3. The van der Waals surface area contributed by atoms with Crippen LogP contribution in [0.4, 0.5) is 5.69 Å². The number of aromatic nitrogens is 1. The molecule has 0 spiro atoms. The second-order valence-corrected chi connectivity index (χ2v) is 6.65. The average Bonchev–Trinajstić information content (AvgIpc) is 2.71. The zero-order valence-corrected chi connectivity index (χ0v) is 13.4. The van der Waals surface area contributed by atoms with Crippen LogP contribution >= 0.6 is 11.3 Å². The van der Waals surface area contributed by atoms with Gasteiger partial charge in [0.05, 0.1) is 18.0 Å². The first-order chi connectivity index (χ1) is 9.47. The van der Waals surface area contributed by atoms with Crippen molar-refractivity contribution in [3.05, 3.63) is 28.8 Å². The van der Waals surface area contributed by atoms with Gasteiger partial charge in [-0.3, -0.25) is 0 Å². The Labute approximate surface area is 124 Å². The lowest BCUT2D eigenvalue weighted by Crippen LogP contribution is -2.03. The molecule has 1 aromatic heterocycles. The second-order valence-electron chi connectivity index (χ2n) is 5.44. The van der Waals surface area contributed by atoms with Gasteiger partial charge >= 0.3 is 0 Å². The molecule has 2 N–H and O–H groups in total. The molecule has 20 heavy (non-hydrogen) atoms. The summed E-state index contributed by atoms with van der Waals surface area (Å²) in [5.74, 6) is 1.40. The third kappa shape index (κ3) is 3.51. The molecule has 0 atom stereocenters. The van der Waals surface area contributed by atoms with Crippen molar-refractivity contribution in [2.75, 3.05) is 12.3 Å². The van der Waals surface area contributed by atoms with E-state index in [2.05, 4.69) is 25.8 Å². The predicted molar refractivity (Wildman–Crippen MR) is 86.4 cm³/mol. The number of aryl methyl sites for hydroxylation is 2. The van der Waals surface area contributed by atoms with Crippen LogP contribution in [-0.4, -0.2) is 11.6 Å². The van der Waals surface area contributed by atoms with Crippen molar-refractivity contribution in [3.63, 3.8) is 0 Å². The molecular weight excluding hydrogens is 268 g/mol. The molecule has 0 saturated heterocycles. The lowest BCUT2D eigenvalue weighted by atomic mass is 10.1. The molecular formula is C16H22N2OS. The van der Waals surface area contributed by atoms with Crippen LogP contribution in [-0.2, 0) is 0 Å². The van der Waals surface area contributed by atoms with Gasteiger partial charge in [-0.1, -0.05) is 13.8 Å². The van der Waals surface area contributed by atoms with Gasteiger partial charge in [-0.25, -0.2) is 4.98 Å². The molecule has 4 heteroatoms. The summed E-state index contributed by atoms with van der Waals surface area (Å²) >= 11 is 1.70. The molecule has 0 radical (unpaired) electrons. The molecule has 1 heterocycles. The van der Waals surface area contributed by atoms with Crippen molar-refractivity contribution in [2.24, 2.45) is 5.92 Å². The van der Waals surface area contributed by atoms with E-state index in [1.54, 1.807) is 11.3 Å². The van der Waals surface area contributed by atoms with Crippen LogP contribution in [0.2, 0.25) is 0 Å². The second kappa shape index (κ2) is 6.27. The van der Waals surface area contributed by atoms with Gasteiger partial charge in [0.25, 0.3) is 0 Å². The van der Waals surface area contributed by atoms with Crippen LogP contribution < -0.4 is 10.5 Å². The van der Waals surface area contributed by atoms with E-state index >= 15 is 0 Å². The zero-order chi connectivity index (χ0) is 14.7. The van der Waals surface area contributed by atoms with Crippen molar-refractivity contribution >= 4 is 17.0 Å². The molecule has 0 saturated carbocycles. The summed E-state index contributed by atoms with van der Waals surface area (Å²) in [6.45, 7) is 9.19. The number of nitrogen functional groups attached to an aromatic ring is 1. The van der Waals surface area contributed by atoms with E-state index in [1.165, 1.54) is 4.88 Å². The van der Waals surface area contributed by atoms with Crippen molar-refractivity contribution < 1.29 is 4.74 Å². The van der Waals surface area contributed by atoms with Gasteiger partial charge in [-0.2, -0.15) is 0 Å². The SMILES string of the molecule is Cc1nc(-c2ccc(OCCC(C)C)c(N)c2)sc1C. The number of benzene rings is 1. The Morgan fingerprint density at radius 1 is 1.30 bits per heavy atom. The number of thiazole rings is 1. The van der Waals surface area contributed by atoms with E-state index in [1.807, 2.05) is 25.1 Å². The van der Waals surface area contributed by atoms with Gasteiger partial charge < -0.3 is 10.5 Å². The number of ether oxygens (including phenoxy) is 1. The van der Waals surface area contributed by atoms with Crippen molar-refractivity contribution in [1.29, 1.82) is 0 Å². The highest BCUT2D eigenvalue weighted by molar-refractivity contribution is 7.15. The van der Waals surface area contributed by atoms with Gasteiger partial charge in [0, 0.05) is 10.4 Å². The molecule has 3 nitrogen and oxygen atoms in total. The molecule has 0 aliphatic heterocycles. The number of nitrogens with two attached hydrogens (primary N) is 1. The Morgan fingerprint density at radius 2 is 2.05 bits per heavy atom. The molecule has 0 aliphatic carbocycles. The number of hydrogen-bond donors (Lipinski definition) is 1. The van der Waals surface area contributed by atoms with E-state index in [9.17, 15) is 0 Å². The highest BCUT2D eigenvalue weighted by Crippen LogP contribution is 2.32. The van der Waals surface area contributed by atoms with Gasteiger partial charge in [0.2, 0.25) is 0 Å². The van der Waals surface area contributed by atoms with Crippen LogP contribution in [0.5, 0.6) is 5.75 Å². The average molecular weight is 290 g/mol. The summed E-state index contributed by atoms with van der Waals surface area (Å²) in [4.78, 5) is 5.80. The highest BCUT2D eigenvalue weighted by Gasteiger charge is 2.09. The lowest BCUT2D eigenvalue weighted by Gasteiger charge is -2.11. The smallest absolute Gasteiger partial charge is 0.142 e. The van der Waals surface area contributed by atoms with Gasteiger partial charge in [0.15, 0.2) is 0 Å². The minimum atomic E-state index is 0.636. The first-order valence-electron chi connectivity index (χ1n) is 6.94. The van der Waals surface area contributed by atoms with Gasteiger partial charge in [0.1, 0.15) is 10.8 Å². The van der Waals surface area contributed by atoms with Crippen LogP contribution in [0.1, 0.15) is 30.8 Å². The maximum atomic E-state index is 6.07. The van der Waals surface area contributed by atoms with Crippen LogP contribution in [0, 0.1) is 19.8 Å². The number of rotatable bonds is 5. The Hall–Kier alpha value is -1.55. The van der Waals surface area contributed by atoms with Crippen molar-refractivity contribution in [3.8, 4) is 16.3 Å². The van der Waals surface area contributed by atoms with Crippen LogP contribution in [0.3, 0.4) is 0 Å². The summed E-state index contributed by atoms with van der Waals surface area (Å²) in [6, 6.07) is 5.91. The summed E-state index contributed by atoms with van der Waals surface area (Å²) < 4.78 is 5.73. The van der Waals surface area contributed by atoms with Crippen molar-refractivity contribution in [2.45, 2.75) is 34.1 Å². The monoisotopic (exact) mass is 290 g/mol. The highest BCUT2D eigenvalue weighted by atomic mass is 32.1. The van der Waals surface area contributed by atoms with Gasteiger partial charge in [-0.05, 0) is 44.4 Å². The molecule has 0 amide bonds. The maximum Gasteiger partial charge on any atom is 0.142 e. The topological polar surface area (TPSA) is 48.1 Å². The predicted octanol–water partition coefficient (Wildman–Crippen LogP) is 4.43. The molecule has 0 bridgehead atoms. The summed E-state index contributed by atoms with van der Waals surface area (Å²) in [6.07, 6.45) is 1.03. The number of anilines is 1. The third-order valence-corrected chi connectivity index (χ3v) is 4.36. The molecule has 0 aliphatic rings. The summed E-state index contributed by atoms with van der Waals surface area (Å²) in [7, 11) is 0.